The highest BCUT2D eigenvalue weighted by Gasteiger charge is 2.30. The van der Waals surface area contributed by atoms with Gasteiger partial charge >= 0.3 is 5.97 Å². The van der Waals surface area contributed by atoms with Gasteiger partial charge in [-0.15, -0.1) is 0 Å². The first-order valence-electron chi connectivity index (χ1n) is 13.7. The van der Waals surface area contributed by atoms with Crippen molar-refractivity contribution in [2.45, 2.75) is 49.9 Å². The summed E-state index contributed by atoms with van der Waals surface area (Å²) in [5.41, 5.74) is 19.0. The van der Waals surface area contributed by atoms with Crippen molar-refractivity contribution in [2.75, 3.05) is 12.3 Å². The van der Waals surface area contributed by atoms with Crippen molar-refractivity contribution in [3.05, 3.63) is 71.9 Å². The maximum atomic E-state index is 13.4. The Morgan fingerprint density at radius 1 is 0.860 bits per heavy atom. The van der Waals surface area contributed by atoms with Crippen LogP contribution in [0.3, 0.4) is 0 Å². The third-order valence-electron chi connectivity index (χ3n) is 6.75. The molecule has 3 amide bonds. The number of guanidine groups is 1. The molecule has 0 spiro atoms. The van der Waals surface area contributed by atoms with Crippen LogP contribution >= 0.6 is 12.6 Å². The van der Waals surface area contributed by atoms with E-state index in [1.165, 1.54) is 0 Å². The zero-order valence-electron chi connectivity index (χ0n) is 23.5. The Labute approximate surface area is 254 Å². The Balaban J connectivity index is 1.68. The minimum Gasteiger partial charge on any atom is -0.480 e. The Morgan fingerprint density at radius 2 is 1.49 bits per heavy atom. The van der Waals surface area contributed by atoms with Gasteiger partial charge in [0.15, 0.2) is 5.96 Å². The molecule has 230 valence electrons. The van der Waals surface area contributed by atoms with Crippen molar-refractivity contribution < 1.29 is 24.3 Å². The number of hydrogen-bond acceptors (Lipinski definition) is 7. The summed E-state index contributed by atoms with van der Waals surface area (Å²) in [6, 6.07) is 12.0. The molecule has 43 heavy (non-hydrogen) atoms. The van der Waals surface area contributed by atoms with E-state index in [1.54, 1.807) is 30.5 Å². The first-order valence-corrected chi connectivity index (χ1v) is 14.4. The topological polar surface area (TPSA) is 231 Å². The fraction of sp³-hybridized carbons (Fsp3) is 0.345. The largest absolute Gasteiger partial charge is 0.480 e. The predicted octanol–water partition coefficient (Wildman–Crippen LogP) is -0.197. The highest BCUT2D eigenvalue weighted by atomic mass is 32.1. The molecule has 11 N–H and O–H groups in total. The standard InChI is InChI=1S/C29H38N8O5S/c30-20(10-6-12-33-29(31)32)25(38)35-22(13-17-7-2-1-3-8-17)26(39)37-24(16-43)27(40)36-23(28(41)42)14-18-15-34-21-11-5-4-9-19(18)21/h1-5,7-9,11,15,20,22-24,34,43H,6,10,12-14,16,30H2,(H,35,38)(H,36,40)(H,37,39)(H,41,42)(H4,31,32,33). The second-order valence-electron chi connectivity index (χ2n) is 10.0. The van der Waals surface area contributed by atoms with E-state index >= 15 is 0 Å². The fourth-order valence-electron chi connectivity index (χ4n) is 4.45. The van der Waals surface area contributed by atoms with Gasteiger partial charge in [0.05, 0.1) is 6.04 Å². The zero-order chi connectivity index (χ0) is 31.4. The highest BCUT2D eigenvalue weighted by Crippen LogP contribution is 2.19. The average molecular weight is 611 g/mol. The van der Waals surface area contributed by atoms with E-state index in [9.17, 15) is 24.3 Å². The van der Waals surface area contributed by atoms with E-state index in [0.29, 0.717) is 13.0 Å². The van der Waals surface area contributed by atoms with Crippen molar-refractivity contribution in [2.24, 2.45) is 22.2 Å². The van der Waals surface area contributed by atoms with Gasteiger partial charge in [-0.2, -0.15) is 12.6 Å². The van der Waals surface area contributed by atoms with Gasteiger partial charge in [0.1, 0.15) is 18.1 Å². The number of aliphatic carboxylic acids is 1. The van der Waals surface area contributed by atoms with Crippen LogP contribution in [-0.4, -0.2) is 76.2 Å². The molecule has 0 bridgehead atoms. The Hall–Kier alpha value is -4.56. The third kappa shape index (κ3) is 10.0. The maximum absolute atomic E-state index is 13.4. The summed E-state index contributed by atoms with van der Waals surface area (Å²) < 4.78 is 0. The van der Waals surface area contributed by atoms with Crippen LogP contribution in [0.25, 0.3) is 10.9 Å². The molecule has 1 aromatic heterocycles. The number of nitrogens with zero attached hydrogens (tertiary/aromatic N) is 1. The van der Waals surface area contributed by atoms with Crippen LogP contribution in [0.4, 0.5) is 0 Å². The Morgan fingerprint density at radius 3 is 2.16 bits per heavy atom. The van der Waals surface area contributed by atoms with Crippen LogP contribution in [-0.2, 0) is 32.0 Å². The molecule has 0 aliphatic carbocycles. The number of aromatic nitrogens is 1. The number of amides is 3. The van der Waals surface area contributed by atoms with Crippen LogP contribution in [0.15, 0.2) is 65.8 Å². The maximum Gasteiger partial charge on any atom is 0.326 e. The molecular weight excluding hydrogens is 572 g/mol. The number of H-pyrrole nitrogens is 1. The summed E-state index contributed by atoms with van der Waals surface area (Å²) in [7, 11) is 0. The second kappa shape index (κ2) is 16.2. The lowest BCUT2D eigenvalue weighted by molar-refractivity contribution is -0.142. The van der Waals surface area contributed by atoms with Gasteiger partial charge in [0.25, 0.3) is 0 Å². The van der Waals surface area contributed by atoms with Crippen molar-refractivity contribution in [3.8, 4) is 0 Å². The van der Waals surface area contributed by atoms with Crippen LogP contribution < -0.4 is 33.2 Å². The molecule has 0 aliphatic heterocycles. The van der Waals surface area contributed by atoms with E-state index in [-0.39, 0.29) is 31.0 Å². The van der Waals surface area contributed by atoms with Gasteiger partial charge in [-0.25, -0.2) is 4.79 Å². The number of fused-ring (bicyclic) bond motifs is 1. The van der Waals surface area contributed by atoms with Crippen LogP contribution in [0, 0.1) is 0 Å². The van der Waals surface area contributed by atoms with E-state index in [2.05, 4.69) is 38.6 Å². The first kappa shape index (κ1) is 32.9. The number of para-hydroxylation sites is 1. The summed E-state index contributed by atoms with van der Waals surface area (Å²) in [6.45, 7) is 0.299. The monoisotopic (exact) mass is 610 g/mol. The first-order chi connectivity index (χ1) is 20.6. The smallest absolute Gasteiger partial charge is 0.326 e. The quantitative estimate of drug-likeness (QED) is 0.0455. The number of thiol groups is 1. The van der Waals surface area contributed by atoms with Gasteiger partial charge in [-0.3, -0.25) is 19.4 Å². The lowest BCUT2D eigenvalue weighted by Crippen LogP contribution is -2.58. The molecule has 1 heterocycles. The van der Waals surface area contributed by atoms with Gasteiger partial charge in [0, 0.05) is 42.2 Å². The summed E-state index contributed by atoms with van der Waals surface area (Å²) in [4.78, 5) is 58.4. The molecule has 0 saturated carbocycles. The number of hydrogen-bond donors (Lipinski definition) is 9. The number of aliphatic imine (C=N–C) groups is 1. The van der Waals surface area contributed by atoms with Crippen LogP contribution in [0.5, 0.6) is 0 Å². The molecule has 0 fully saturated rings. The molecular formula is C29H38N8O5S. The normalized spacial score (nSPS) is 13.7. The lowest BCUT2D eigenvalue weighted by Gasteiger charge is -2.24. The van der Waals surface area contributed by atoms with Gasteiger partial charge in [-0.05, 0) is 30.0 Å². The Kier molecular flexibility index (Phi) is 12.4. The summed E-state index contributed by atoms with van der Waals surface area (Å²) in [6.07, 6.45) is 2.57. The molecule has 14 heteroatoms. The highest BCUT2D eigenvalue weighted by molar-refractivity contribution is 7.80. The van der Waals surface area contributed by atoms with E-state index in [4.69, 9.17) is 17.2 Å². The molecule has 3 aromatic rings. The Bertz CT molecular complexity index is 1430. The number of carboxylic acids is 1. The number of nitrogens with one attached hydrogen (secondary N) is 4. The van der Waals surface area contributed by atoms with Crippen LogP contribution in [0.1, 0.15) is 24.0 Å². The fourth-order valence-corrected chi connectivity index (χ4v) is 4.70. The number of rotatable bonds is 16. The number of carboxylic acid groups (broad SMARTS) is 1. The summed E-state index contributed by atoms with van der Waals surface area (Å²) in [5, 5.41) is 18.5. The number of carbonyl (C=O) groups excluding carboxylic acids is 3. The van der Waals surface area contributed by atoms with Crippen molar-refractivity contribution in [1.29, 1.82) is 0 Å². The summed E-state index contributed by atoms with van der Waals surface area (Å²) >= 11 is 4.21. The predicted molar refractivity (Wildman–Crippen MR) is 167 cm³/mol. The van der Waals surface area contributed by atoms with Crippen molar-refractivity contribution in [1.82, 2.24) is 20.9 Å². The lowest BCUT2D eigenvalue weighted by atomic mass is 10.0. The number of aromatic amines is 1. The molecule has 2 aromatic carbocycles. The molecule has 3 rings (SSSR count). The van der Waals surface area contributed by atoms with E-state index in [1.807, 2.05) is 30.3 Å². The van der Waals surface area contributed by atoms with Gasteiger partial charge < -0.3 is 43.2 Å². The molecule has 0 radical (unpaired) electrons. The molecule has 4 atom stereocenters. The average Bonchev–Trinajstić information content (AvgIpc) is 3.40. The van der Waals surface area contributed by atoms with Crippen molar-refractivity contribution in [3.63, 3.8) is 0 Å². The zero-order valence-corrected chi connectivity index (χ0v) is 24.4. The molecule has 0 aliphatic rings. The van der Waals surface area contributed by atoms with Gasteiger partial charge in [-0.1, -0.05) is 48.5 Å². The SMILES string of the molecule is NC(N)=NCCCC(N)C(=O)NC(Cc1ccccc1)C(=O)NC(CS)C(=O)NC(Cc1c[nH]c2ccccc12)C(=O)O. The van der Waals surface area contributed by atoms with E-state index in [0.717, 1.165) is 22.0 Å². The van der Waals surface area contributed by atoms with E-state index < -0.39 is 47.9 Å². The minimum absolute atomic E-state index is 0.0199. The molecule has 0 saturated heterocycles. The number of benzene rings is 2. The van der Waals surface area contributed by atoms with Crippen molar-refractivity contribution >= 4 is 53.2 Å². The third-order valence-corrected chi connectivity index (χ3v) is 7.11. The second-order valence-corrected chi connectivity index (χ2v) is 10.4. The summed E-state index contributed by atoms with van der Waals surface area (Å²) in [5.74, 6) is -3.34. The number of nitrogens with two attached hydrogens (primary N) is 3. The number of carbonyl (C=O) groups is 4. The molecule has 4 unspecified atom stereocenters. The van der Waals surface area contributed by atoms with Crippen LogP contribution in [0.2, 0.25) is 0 Å². The molecule has 13 nitrogen and oxygen atoms in total. The minimum atomic E-state index is -1.26. The van der Waals surface area contributed by atoms with Gasteiger partial charge in [0.2, 0.25) is 17.7 Å².